The van der Waals surface area contributed by atoms with Crippen LogP contribution in [0.4, 0.5) is 34.6 Å². The smallest absolute Gasteiger partial charge is 0.235 e. The van der Waals surface area contributed by atoms with Gasteiger partial charge in [0.05, 0.1) is 11.4 Å². The molecule has 278 valence electrons. The van der Waals surface area contributed by atoms with Gasteiger partial charge in [-0.15, -0.1) is 0 Å². The van der Waals surface area contributed by atoms with E-state index in [1.165, 1.54) is 11.1 Å². The van der Waals surface area contributed by atoms with Crippen molar-refractivity contribution in [3.63, 3.8) is 0 Å². The molecule has 2 heterocycles. The molecule has 10 aromatic rings. The molecule has 0 bridgehead atoms. The molecule has 0 saturated carbocycles. The van der Waals surface area contributed by atoms with Gasteiger partial charge in [-0.1, -0.05) is 133 Å². The highest BCUT2D eigenvalue weighted by molar-refractivity contribution is 6.30. The lowest BCUT2D eigenvalue weighted by molar-refractivity contribution is 1.01. The summed E-state index contributed by atoms with van der Waals surface area (Å²) in [5, 5.41) is 8.99. The molecule has 0 aliphatic heterocycles. The SMILES string of the molecule is Cc1cc(C)nc(N(c2ccccc2)c2c3ccccc3c(-c3c4ccccc4c(N(c4ccccc4)c4nc(C)cc(C)n4)c4ccccc34)c3ccccc23)n1. The van der Waals surface area contributed by atoms with Crippen LogP contribution in [0.25, 0.3) is 54.2 Å². The Bertz CT molecular complexity index is 2810. The molecule has 0 N–H and O–H groups in total. The predicted octanol–water partition coefficient (Wildman–Crippen LogP) is 13.7. The standard InChI is InChI=1S/C52H40N6/c1-33-31-34(2)54-51(53-33)57(37-19-7-5-8-20-37)49-43-27-15-11-23-39(43)47(40-24-12-16-28-44(40)49)48-41-25-13-17-29-45(41)50(46-30-18-14-26-42(46)48)58(38-21-9-6-10-22-38)52-55-35(3)32-36(4)56-52/h5-32H,1-4H3. The molecule has 0 aliphatic carbocycles. The summed E-state index contributed by atoms with van der Waals surface area (Å²) < 4.78 is 0. The molecule has 0 unspecified atom stereocenters. The molecule has 0 radical (unpaired) electrons. The molecule has 0 atom stereocenters. The molecule has 0 saturated heterocycles. The van der Waals surface area contributed by atoms with Gasteiger partial charge in [0.15, 0.2) is 0 Å². The first-order valence-electron chi connectivity index (χ1n) is 19.7. The van der Waals surface area contributed by atoms with Crippen LogP contribution in [0.15, 0.2) is 170 Å². The zero-order valence-corrected chi connectivity index (χ0v) is 32.8. The monoisotopic (exact) mass is 748 g/mol. The summed E-state index contributed by atoms with van der Waals surface area (Å²) in [6, 6.07) is 60.2. The van der Waals surface area contributed by atoms with Gasteiger partial charge in [-0.05, 0) is 96.8 Å². The maximum Gasteiger partial charge on any atom is 0.235 e. The van der Waals surface area contributed by atoms with E-state index < -0.39 is 0 Å². The lowest BCUT2D eigenvalue weighted by Crippen LogP contribution is -2.16. The molecule has 2 aromatic heterocycles. The quantitative estimate of drug-likeness (QED) is 0.151. The van der Waals surface area contributed by atoms with Crippen molar-refractivity contribution in [3.05, 3.63) is 193 Å². The number of aryl methyl sites for hydroxylation is 4. The van der Waals surface area contributed by atoms with Gasteiger partial charge in [0.2, 0.25) is 11.9 Å². The fraction of sp³-hybridized carbons (Fsp3) is 0.0769. The third-order valence-corrected chi connectivity index (χ3v) is 10.9. The van der Waals surface area contributed by atoms with Crippen molar-refractivity contribution in [2.45, 2.75) is 27.7 Å². The first kappa shape index (κ1) is 35.0. The van der Waals surface area contributed by atoms with E-state index in [0.717, 1.165) is 88.6 Å². The maximum absolute atomic E-state index is 5.05. The zero-order chi connectivity index (χ0) is 39.3. The fourth-order valence-electron chi connectivity index (χ4n) is 8.69. The molecular weight excluding hydrogens is 709 g/mol. The van der Waals surface area contributed by atoms with Crippen molar-refractivity contribution in [2.75, 3.05) is 9.80 Å². The fourth-order valence-corrected chi connectivity index (χ4v) is 8.69. The number of nitrogens with zero attached hydrogens (tertiary/aromatic N) is 6. The van der Waals surface area contributed by atoms with Crippen LogP contribution in [0.1, 0.15) is 22.8 Å². The van der Waals surface area contributed by atoms with Gasteiger partial charge < -0.3 is 0 Å². The van der Waals surface area contributed by atoms with Crippen LogP contribution in [0, 0.1) is 27.7 Å². The zero-order valence-electron chi connectivity index (χ0n) is 32.8. The molecule has 0 fully saturated rings. The Labute approximate surface area is 337 Å². The summed E-state index contributed by atoms with van der Waals surface area (Å²) in [4.78, 5) is 24.7. The van der Waals surface area contributed by atoms with Gasteiger partial charge >= 0.3 is 0 Å². The molecule has 0 amide bonds. The number of hydrogen-bond acceptors (Lipinski definition) is 6. The van der Waals surface area contributed by atoms with E-state index in [1.807, 2.05) is 52.0 Å². The second-order valence-corrected chi connectivity index (χ2v) is 14.9. The van der Waals surface area contributed by atoms with Crippen LogP contribution in [0.3, 0.4) is 0 Å². The van der Waals surface area contributed by atoms with E-state index in [9.17, 15) is 0 Å². The Balaban J connectivity index is 1.35. The Hall–Kier alpha value is -7.44. The van der Waals surface area contributed by atoms with Gasteiger partial charge in [-0.2, -0.15) is 0 Å². The van der Waals surface area contributed by atoms with Crippen LogP contribution >= 0.6 is 0 Å². The van der Waals surface area contributed by atoms with Crippen molar-refractivity contribution >= 4 is 77.7 Å². The van der Waals surface area contributed by atoms with Crippen molar-refractivity contribution in [2.24, 2.45) is 0 Å². The highest BCUT2D eigenvalue weighted by atomic mass is 15.3. The average molecular weight is 749 g/mol. The molecule has 6 nitrogen and oxygen atoms in total. The van der Waals surface area contributed by atoms with Crippen molar-refractivity contribution in [3.8, 4) is 11.1 Å². The summed E-state index contributed by atoms with van der Waals surface area (Å²) >= 11 is 0. The minimum Gasteiger partial charge on any atom is -0.278 e. The minimum atomic E-state index is 0.640. The number of aromatic nitrogens is 4. The van der Waals surface area contributed by atoms with E-state index in [2.05, 4.69) is 155 Å². The van der Waals surface area contributed by atoms with Crippen LogP contribution in [-0.2, 0) is 0 Å². The normalized spacial score (nSPS) is 11.4. The van der Waals surface area contributed by atoms with Gasteiger partial charge in [-0.3, -0.25) is 9.80 Å². The predicted molar refractivity (Wildman–Crippen MR) is 241 cm³/mol. The lowest BCUT2D eigenvalue weighted by atomic mass is 9.84. The Morgan fingerprint density at radius 1 is 0.293 bits per heavy atom. The Morgan fingerprint density at radius 2 is 0.534 bits per heavy atom. The summed E-state index contributed by atoms with van der Waals surface area (Å²) in [6.07, 6.45) is 0. The molecule has 0 spiro atoms. The number of para-hydroxylation sites is 2. The molecule has 8 aromatic carbocycles. The van der Waals surface area contributed by atoms with Crippen molar-refractivity contribution in [1.29, 1.82) is 0 Å². The first-order valence-corrected chi connectivity index (χ1v) is 19.7. The number of fused-ring (bicyclic) bond motifs is 4. The Morgan fingerprint density at radius 3 is 0.810 bits per heavy atom. The molecule has 0 aliphatic rings. The highest BCUT2D eigenvalue weighted by Crippen LogP contribution is 2.53. The van der Waals surface area contributed by atoms with Gasteiger partial charge in [-0.25, -0.2) is 19.9 Å². The minimum absolute atomic E-state index is 0.640. The topological polar surface area (TPSA) is 58.0 Å². The summed E-state index contributed by atoms with van der Waals surface area (Å²) in [7, 11) is 0. The molecule has 6 heteroatoms. The summed E-state index contributed by atoms with van der Waals surface area (Å²) in [6.45, 7) is 8.13. The van der Waals surface area contributed by atoms with Crippen molar-refractivity contribution in [1.82, 2.24) is 19.9 Å². The highest BCUT2D eigenvalue weighted by Gasteiger charge is 2.28. The van der Waals surface area contributed by atoms with Crippen LogP contribution in [0.2, 0.25) is 0 Å². The van der Waals surface area contributed by atoms with E-state index >= 15 is 0 Å². The van der Waals surface area contributed by atoms with Crippen LogP contribution in [0.5, 0.6) is 0 Å². The van der Waals surface area contributed by atoms with E-state index in [4.69, 9.17) is 19.9 Å². The average Bonchev–Trinajstić information content (AvgIpc) is 3.24. The largest absolute Gasteiger partial charge is 0.278 e. The summed E-state index contributed by atoms with van der Waals surface area (Å²) in [5.74, 6) is 1.28. The van der Waals surface area contributed by atoms with E-state index in [1.54, 1.807) is 0 Å². The molecular formula is C52H40N6. The van der Waals surface area contributed by atoms with E-state index in [-0.39, 0.29) is 0 Å². The molecule has 10 rings (SSSR count). The third-order valence-electron chi connectivity index (χ3n) is 10.9. The number of hydrogen-bond donors (Lipinski definition) is 0. The van der Waals surface area contributed by atoms with Crippen molar-refractivity contribution < 1.29 is 0 Å². The Kier molecular flexibility index (Phi) is 8.60. The van der Waals surface area contributed by atoms with Crippen LogP contribution < -0.4 is 9.80 Å². The van der Waals surface area contributed by atoms with E-state index in [0.29, 0.717) is 11.9 Å². The van der Waals surface area contributed by atoms with Crippen LogP contribution in [-0.4, -0.2) is 19.9 Å². The second-order valence-electron chi connectivity index (χ2n) is 14.9. The van der Waals surface area contributed by atoms with Gasteiger partial charge in [0.1, 0.15) is 0 Å². The molecule has 58 heavy (non-hydrogen) atoms. The number of benzene rings is 8. The van der Waals surface area contributed by atoms with Gasteiger partial charge in [0.25, 0.3) is 0 Å². The summed E-state index contributed by atoms with van der Waals surface area (Å²) in [5.41, 5.74) is 10.1. The first-order chi connectivity index (χ1) is 28.4. The number of rotatable bonds is 7. The third kappa shape index (κ3) is 5.89. The number of anilines is 6. The lowest BCUT2D eigenvalue weighted by Gasteiger charge is -2.30. The maximum atomic E-state index is 5.05. The van der Waals surface area contributed by atoms with Gasteiger partial charge in [0, 0.05) is 55.7 Å². The second kappa shape index (κ2) is 14.3.